The summed E-state index contributed by atoms with van der Waals surface area (Å²) in [6.07, 6.45) is 2.25. The lowest BCUT2D eigenvalue weighted by atomic mass is 10.2. The van der Waals surface area contributed by atoms with Crippen LogP contribution in [0.3, 0.4) is 0 Å². The summed E-state index contributed by atoms with van der Waals surface area (Å²) in [5, 5.41) is 0. The first-order chi connectivity index (χ1) is 4.93. The van der Waals surface area contributed by atoms with Crippen LogP contribution in [0.4, 0.5) is 0 Å². The van der Waals surface area contributed by atoms with Gasteiger partial charge >= 0.3 is 0 Å². The molecule has 1 atom stereocenters. The van der Waals surface area contributed by atoms with Crippen LogP contribution in [0.5, 0.6) is 0 Å². The lowest BCUT2D eigenvalue weighted by Gasteiger charge is -2.19. The highest BCUT2D eigenvalue weighted by molar-refractivity contribution is 8.11. The second-order valence-electron chi connectivity index (χ2n) is 3.04. The second-order valence-corrected chi connectivity index (χ2v) is 5.61. The molecule has 0 aromatic heterocycles. The van der Waals surface area contributed by atoms with Crippen molar-refractivity contribution in [3.8, 4) is 0 Å². The highest BCUT2D eigenvalue weighted by atomic mass is 35.7. The fraction of sp³-hybridized carbons (Fsp3) is 1.00. The molecule has 3 nitrogen and oxygen atoms in total. The van der Waals surface area contributed by atoms with Gasteiger partial charge in [0, 0.05) is 23.8 Å². The Morgan fingerprint density at radius 3 is 2.27 bits per heavy atom. The van der Waals surface area contributed by atoms with E-state index in [0.717, 1.165) is 12.8 Å². The van der Waals surface area contributed by atoms with Gasteiger partial charge < -0.3 is 0 Å². The molecule has 0 saturated heterocycles. The van der Waals surface area contributed by atoms with Crippen LogP contribution in [0.2, 0.25) is 0 Å². The Morgan fingerprint density at radius 1 is 1.55 bits per heavy atom. The minimum absolute atomic E-state index is 0.0532. The van der Waals surface area contributed by atoms with E-state index in [2.05, 4.69) is 0 Å². The van der Waals surface area contributed by atoms with Gasteiger partial charge in [-0.3, -0.25) is 0 Å². The van der Waals surface area contributed by atoms with Crippen LogP contribution >= 0.6 is 10.7 Å². The van der Waals surface area contributed by atoms with Gasteiger partial charge in [0.25, 0.3) is 9.24 Å². The Bertz CT molecular complexity index is 235. The number of hydrogen-bond donors (Lipinski definition) is 0. The fourth-order valence-corrected chi connectivity index (χ4v) is 2.02. The molecule has 0 radical (unpaired) electrons. The van der Waals surface area contributed by atoms with E-state index < -0.39 is 9.24 Å². The molecular weight excluding hydrogens is 186 g/mol. The van der Waals surface area contributed by atoms with Gasteiger partial charge in [-0.15, -0.1) is 0 Å². The van der Waals surface area contributed by atoms with E-state index in [-0.39, 0.29) is 6.04 Å². The number of rotatable bonds is 3. The SMILES string of the molecule is C[C@@H](C1CC1)N(C)S(=O)(=O)Cl. The Balaban J connectivity index is 2.59. The Labute approximate surface area is 71.9 Å². The molecule has 0 bridgehead atoms. The zero-order valence-electron chi connectivity index (χ0n) is 6.62. The van der Waals surface area contributed by atoms with Crippen molar-refractivity contribution < 1.29 is 8.42 Å². The summed E-state index contributed by atoms with van der Waals surface area (Å²) < 4.78 is 22.8. The second kappa shape index (κ2) is 2.92. The molecule has 11 heavy (non-hydrogen) atoms. The smallest absolute Gasteiger partial charge is 0.195 e. The zero-order chi connectivity index (χ0) is 8.65. The first kappa shape index (κ1) is 9.29. The van der Waals surface area contributed by atoms with E-state index in [0.29, 0.717) is 5.92 Å². The Morgan fingerprint density at radius 2 is 2.00 bits per heavy atom. The lowest BCUT2D eigenvalue weighted by Crippen LogP contribution is -2.33. The maximum Gasteiger partial charge on any atom is 0.299 e. The maximum atomic E-state index is 10.8. The molecule has 1 aliphatic rings. The lowest BCUT2D eigenvalue weighted by molar-refractivity contribution is 0.364. The van der Waals surface area contributed by atoms with Gasteiger partial charge in [-0.25, -0.2) is 0 Å². The summed E-state index contributed by atoms with van der Waals surface area (Å²) in [6.45, 7) is 1.89. The number of nitrogens with zero attached hydrogens (tertiary/aromatic N) is 1. The van der Waals surface area contributed by atoms with E-state index in [4.69, 9.17) is 10.7 Å². The van der Waals surface area contributed by atoms with Crippen molar-refractivity contribution in [2.75, 3.05) is 7.05 Å². The molecular formula is C6H12ClNO2S. The van der Waals surface area contributed by atoms with E-state index in [1.165, 1.54) is 11.4 Å². The Hall–Kier alpha value is 0.200. The quantitative estimate of drug-likeness (QED) is 0.638. The highest BCUT2D eigenvalue weighted by Gasteiger charge is 2.34. The van der Waals surface area contributed by atoms with Crippen LogP contribution in [0.25, 0.3) is 0 Å². The van der Waals surface area contributed by atoms with Crippen molar-refractivity contribution in [1.82, 2.24) is 4.31 Å². The first-order valence-electron chi connectivity index (χ1n) is 3.60. The summed E-state index contributed by atoms with van der Waals surface area (Å²) in [7, 11) is 3.17. The maximum absolute atomic E-state index is 10.8. The number of halogens is 1. The van der Waals surface area contributed by atoms with Crippen LogP contribution in [-0.4, -0.2) is 25.8 Å². The molecule has 0 aromatic rings. The molecule has 0 amide bonds. The molecule has 0 heterocycles. The molecule has 0 spiro atoms. The number of hydrogen-bond acceptors (Lipinski definition) is 2. The molecule has 0 aromatic carbocycles. The molecule has 1 fully saturated rings. The van der Waals surface area contributed by atoms with Crippen molar-refractivity contribution in [1.29, 1.82) is 0 Å². The summed E-state index contributed by atoms with van der Waals surface area (Å²) in [5.41, 5.74) is 0. The molecule has 0 unspecified atom stereocenters. The third-order valence-corrected chi connectivity index (χ3v) is 3.90. The van der Waals surface area contributed by atoms with Crippen molar-refractivity contribution in [2.45, 2.75) is 25.8 Å². The van der Waals surface area contributed by atoms with Gasteiger partial charge in [-0.2, -0.15) is 12.7 Å². The summed E-state index contributed by atoms with van der Waals surface area (Å²) in [6, 6.07) is 0.0532. The molecule has 1 aliphatic carbocycles. The summed E-state index contributed by atoms with van der Waals surface area (Å²) in [4.78, 5) is 0. The van der Waals surface area contributed by atoms with Gasteiger partial charge in [0.2, 0.25) is 0 Å². The zero-order valence-corrected chi connectivity index (χ0v) is 8.19. The third kappa shape index (κ3) is 2.32. The molecule has 0 N–H and O–H groups in total. The van der Waals surface area contributed by atoms with Crippen LogP contribution in [0, 0.1) is 5.92 Å². The molecule has 1 saturated carbocycles. The monoisotopic (exact) mass is 197 g/mol. The summed E-state index contributed by atoms with van der Waals surface area (Å²) >= 11 is 0. The molecule has 66 valence electrons. The van der Waals surface area contributed by atoms with Crippen molar-refractivity contribution in [3.05, 3.63) is 0 Å². The highest BCUT2D eigenvalue weighted by Crippen LogP contribution is 2.35. The van der Waals surface area contributed by atoms with Crippen LogP contribution < -0.4 is 0 Å². The standard InChI is InChI=1S/C6H12ClNO2S/c1-5(6-3-4-6)8(2)11(7,9)10/h5-6H,3-4H2,1-2H3/t5-/m0/s1. The normalized spacial score (nSPS) is 22.2. The average Bonchev–Trinajstić information content (AvgIpc) is 2.63. The van der Waals surface area contributed by atoms with Crippen molar-refractivity contribution >= 4 is 19.9 Å². The van der Waals surface area contributed by atoms with Crippen LogP contribution in [0.15, 0.2) is 0 Å². The minimum Gasteiger partial charge on any atom is -0.195 e. The average molecular weight is 198 g/mol. The largest absolute Gasteiger partial charge is 0.299 e. The van der Waals surface area contributed by atoms with Crippen molar-refractivity contribution in [2.24, 2.45) is 5.92 Å². The van der Waals surface area contributed by atoms with Gasteiger partial charge in [-0.1, -0.05) is 0 Å². The predicted octanol–water partition coefficient (Wildman–Crippen LogP) is 1.20. The molecule has 1 rings (SSSR count). The van der Waals surface area contributed by atoms with E-state index in [1.807, 2.05) is 6.92 Å². The summed E-state index contributed by atoms with van der Waals surface area (Å²) in [5.74, 6) is 0.522. The van der Waals surface area contributed by atoms with E-state index >= 15 is 0 Å². The van der Waals surface area contributed by atoms with Crippen LogP contribution in [0.1, 0.15) is 19.8 Å². The van der Waals surface area contributed by atoms with Crippen LogP contribution in [-0.2, 0) is 9.24 Å². The minimum atomic E-state index is -3.50. The molecule has 5 heteroatoms. The van der Waals surface area contributed by atoms with E-state index in [9.17, 15) is 8.42 Å². The van der Waals surface area contributed by atoms with Crippen molar-refractivity contribution in [3.63, 3.8) is 0 Å². The topological polar surface area (TPSA) is 37.4 Å². The van der Waals surface area contributed by atoms with Gasteiger partial charge in [-0.05, 0) is 25.7 Å². The third-order valence-electron chi connectivity index (χ3n) is 2.22. The van der Waals surface area contributed by atoms with Gasteiger partial charge in [0.05, 0.1) is 0 Å². The van der Waals surface area contributed by atoms with Gasteiger partial charge in [0.15, 0.2) is 0 Å². The molecule has 0 aliphatic heterocycles. The predicted molar refractivity (Wildman–Crippen MR) is 44.7 cm³/mol. The Kier molecular flexibility index (Phi) is 2.46. The van der Waals surface area contributed by atoms with E-state index in [1.54, 1.807) is 0 Å². The van der Waals surface area contributed by atoms with Gasteiger partial charge in [0.1, 0.15) is 0 Å². The first-order valence-corrected chi connectivity index (χ1v) is 5.87. The fourth-order valence-electron chi connectivity index (χ4n) is 1.07.